The molecule has 4 rings (SSSR count). The van der Waals surface area contributed by atoms with E-state index in [1.54, 1.807) is 17.0 Å². The first-order valence-corrected chi connectivity index (χ1v) is 7.86. The fourth-order valence-corrected chi connectivity index (χ4v) is 2.90. The lowest BCUT2D eigenvalue weighted by molar-refractivity contribution is 0.0744. The smallest absolute Gasteiger partial charge is 0.298 e. The summed E-state index contributed by atoms with van der Waals surface area (Å²) in [5.41, 5.74) is 1.96. The number of hydrogen-bond acceptors (Lipinski definition) is 4. The van der Waals surface area contributed by atoms with E-state index < -0.39 is 5.82 Å². The Balaban J connectivity index is 1.45. The number of para-hydroxylation sites is 2. The summed E-state index contributed by atoms with van der Waals surface area (Å²) in [7, 11) is 0. The molecule has 24 heavy (non-hydrogen) atoms. The molecule has 1 aliphatic heterocycles. The third-order valence-corrected chi connectivity index (χ3v) is 4.19. The molecule has 1 aliphatic rings. The molecule has 3 aromatic rings. The van der Waals surface area contributed by atoms with Crippen LogP contribution >= 0.6 is 0 Å². The number of carbonyl (C=O) groups is 1. The molecule has 0 radical (unpaired) electrons. The van der Waals surface area contributed by atoms with Gasteiger partial charge in [0.15, 0.2) is 5.58 Å². The molecule has 0 unspecified atom stereocenters. The lowest BCUT2D eigenvalue weighted by Gasteiger charge is -2.33. The van der Waals surface area contributed by atoms with E-state index in [9.17, 15) is 9.18 Å². The topological polar surface area (TPSA) is 49.6 Å². The van der Waals surface area contributed by atoms with Crippen molar-refractivity contribution in [1.29, 1.82) is 0 Å². The van der Waals surface area contributed by atoms with Gasteiger partial charge in [-0.25, -0.2) is 4.39 Å². The molecule has 0 bridgehead atoms. The fourth-order valence-electron chi connectivity index (χ4n) is 2.90. The average molecular weight is 325 g/mol. The molecule has 2 aromatic carbocycles. The second kappa shape index (κ2) is 5.96. The first kappa shape index (κ1) is 14.7. The normalized spacial score (nSPS) is 15.0. The summed E-state index contributed by atoms with van der Waals surface area (Å²) >= 11 is 0. The van der Waals surface area contributed by atoms with E-state index >= 15 is 0 Å². The Labute approximate surface area is 138 Å². The van der Waals surface area contributed by atoms with Crippen LogP contribution in [0.15, 0.2) is 52.9 Å². The van der Waals surface area contributed by atoms with Crippen LogP contribution in [0.4, 0.5) is 10.4 Å². The van der Waals surface area contributed by atoms with Gasteiger partial charge in [0, 0.05) is 31.7 Å². The fraction of sp³-hybridized carbons (Fsp3) is 0.222. The molecule has 6 heteroatoms. The number of nitrogens with zero attached hydrogens (tertiary/aromatic N) is 3. The number of oxazole rings is 1. The van der Waals surface area contributed by atoms with Crippen molar-refractivity contribution in [2.45, 2.75) is 0 Å². The molecule has 1 aromatic heterocycles. The Morgan fingerprint density at radius 3 is 2.58 bits per heavy atom. The van der Waals surface area contributed by atoms with Gasteiger partial charge in [0.25, 0.3) is 11.9 Å². The number of anilines is 1. The first-order chi connectivity index (χ1) is 11.7. The standard InChI is InChI=1S/C18H16FN3O2/c19-14-5-3-4-13(12-14)17(23)21-8-10-22(11-9-21)18-20-15-6-1-2-7-16(15)24-18/h1-7,12H,8-11H2. The van der Waals surface area contributed by atoms with Gasteiger partial charge in [-0.05, 0) is 30.3 Å². The van der Waals surface area contributed by atoms with Crippen LogP contribution in [-0.2, 0) is 0 Å². The Hall–Kier alpha value is -2.89. The zero-order valence-corrected chi connectivity index (χ0v) is 13.0. The van der Waals surface area contributed by atoms with E-state index in [-0.39, 0.29) is 5.91 Å². The maximum absolute atomic E-state index is 13.3. The minimum Gasteiger partial charge on any atom is -0.423 e. The van der Waals surface area contributed by atoms with E-state index in [0.29, 0.717) is 37.8 Å². The monoisotopic (exact) mass is 325 g/mol. The van der Waals surface area contributed by atoms with Gasteiger partial charge in [0.05, 0.1) is 0 Å². The van der Waals surface area contributed by atoms with Crippen LogP contribution in [0.2, 0.25) is 0 Å². The highest BCUT2D eigenvalue weighted by molar-refractivity contribution is 5.94. The predicted octanol–water partition coefficient (Wildman–Crippen LogP) is 2.93. The summed E-state index contributed by atoms with van der Waals surface area (Å²) in [6, 6.07) is 14.0. The lowest BCUT2D eigenvalue weighted by Crippen LogP contribution is -2.48. The number of aromatic nitrogens is 1. The van der Waals surface area contributed by atoms with Crippen LogP contribution in [0.25, 0.3) is 11.1 Å². The molecule has 2 heterocycles. The van der Waals surface area contributed by atoms with Crippen LogP contribution in [0.5, 0.6) is 0 Å². The van der Waals surface area contributed by atoms with Gasteiger partial charge in [-0.1, -0.05) is 18.2 Å². The highest BCUT2D eigenvalue weighted by atomic mass is 19.1. The molecule has 0 N–H and O–H groups in total. The van der Waals surface area contributed by atoms with Crippen molar-refractivity contribution >= 4 is 23.0 Å². The minimum absolute atomic E-state index is 0.147. The van der Waals surface area contributed by atoms with Gasteiger partial charge >= 0.3 is 0 Å². The van der Waals surface area contributed by atoms with Crippen molar-refractivity contribution in [3.8, 4) is 0 Å². The van der Waals surface area contributed by atoms with Crippen molar-refractivity contribution in [3.63, 3.8) is 0 Å². The molecule has 0 saturated carbocycles. The summed E-state index contributed by atoms with van der Waals surface area (Å²) < 4.78 is 19.0. The van der Waals surface area contributed by atoms with Crippen molar-refractivity contribution in [1.82, 2.24) is 9.88 Å². The Kier molecular flexibility index (Phi) is 3.65. The van der Waals surface area contributed by atoms with Crippen LogP contribution in [0.1, 0.15) is 10.4 Å². The molecule has 5 nitrogen and oxygen atoms in total. The summed E-state index contributed by atoms with van der Waals surface area (Å²) in [6.45, 7) is 2.36. The zero-order chi connectivity index (χ0) is 16.5. The number of amides is 1. The highest BCUT2D eigenvalue weighted by Gasteiger charge is 2.24. The summed E-state index contributed by atoms with van der Waals surface area (Å²) in [5, 5.41) is 0. The van der Waals surface area contributed by atoms with E-state index in [4.69, 9.17) is 4.42 Å². The number of rotatable bonds is 2. The van der Waals surface area contributed by atoms with Gasteiger partial charge in [-0.2, -0.15) is 4.98 Å². The van der Waals surface area contributed by atoms with Gasteiger partial charge in [-0.15, -0.1) is 0 Å². The predicted molar refractivity (Wildman–Crippen MR) is 88.5 cm³/mol. The molecule has 1 amide bonds. The number of hydrogen-bond donors (Lipinski definition) is 0. The Morgan fingerprint density at radius 1 is 1.04 bits per heavy atom. The van der Waals surface area contributed by atoms with E-state index in [1.165, 1.54) is 12.1 Å². The summed E-state index contributed by atoms with van der Waals surface area (Å²) in [6.07, 6.45) is 0. The number of benzene rings is 2. The van der Waals surface area contributed by atoms with Gasteiger partial charge in [0.2, 0.25) is 0 Å². The van der Waals surface area contributed by atoms with Crippen molar-refractivity contribution in [3.05, 3.63) is 59.9 Å². The Morgan fingerprint density at radius 2 is 1.83 bits per heavy atom. The van der Waals surface area contributed by atoms with Gasteiger partial charge in [0.1, 0.15) is 11.3 Å². The second-order valence-electron chi connectivity index (χ2n) is 5.75. The van der Waals surface area contributed by atoms with Crippen LogP contribution in [0, 0.1) is 5.82 Å². The summed E-state index contributed by atoms with van der Waals surface area (Å²) in [4.78, 5) is 20.7. The molecule has 1 fully saturated rings. The van der Waals surface area contributed by atoms with Crippen LogP contribution in [-0.4, -0.2) is 42.0 Å². The quantitative estimate of drug-likeness (QED) is 0.727. The average Bonchev–Trinajstić information content (AvgIpc) is 3.05. The maximum atomic E-state index is 13.3. The molecular formula is C18H16FN3O2. The number of fused-ring (bicyclic) bond motifs is 1. The third-order valence-electron chi connectivity index (χ3n) is 4.19. The SMILES string of the molecule is O=C(c1cccc(F)c1)N1CCN(c2nc3ccccc3o2)CC1. The molecule has 0 atom stereocenters. The molecule has 0 aliphatic carbocycles. The molecular weight excluding hydrogens is 309 g/mol. The summed E-state index contributed by atoms with van der Waals surface area (Å²) in [5.74, 6) is -0.544. The second-order valence-corrected chi connectivity index (χ2v) is 5.75. The van der Waals surface area contributed by atoms with Crippen molar-refractivity contribution < 1.29 is 13.6 Å². The Bertz CT molecular complexity index is 852. The number of carbonyl (C=O) groups excluding carboxylic acids is 1. The van der Waals surface area contributed by atoms with E-state index in [0.717, 1.165) is 11.1 Å². The largest absolute Gasteiger partial charge is 0.423 e. The maximum Gasteiger partial charge on any atom is 0.298 e. The van der Waals surface area contributed by atoms with Gasteiger partial charge < -0.3 is 14.2 Å². The highest BCUT2D eigenvalue weighted by Crippen LogP contribution is 2.22. The van der Waals surface area contributed by atoms with E-state index in [2.05, 4.69) is 4.98 Å². The lowest BCUT2D eigenvalue weighted by atomic mass is 10.2. The van der Waals surface area contributed by atoms with Gasteiger partial charge in [-0.3, -0.25) is 4.79 Å². The first-order valence-electron chi connectivity index (χ1n) is 7.86. The van der Waals surface area contributed by atoms with Crippen molar-refractivity contribution in [2.75, 3.05) is 31.1 Å². The number of halogens is 1. The molecule has 122 valence electrons. The zero-order valence-electron chi connectivity index (χ0n) is 13.0. The van der Waals surface area contributed by atoms with E-state index in [1.807, 2.05) is 29.2 Å². The third kappa shape index (κ3) is 2.71. The molecule has 1 saturated heterocycles. The molecule has 0 spiro atoms. The van der Waals surface area contributed by atoms with Crippen LogP contribution < -0.4 is 4.90 Å². The van der Waals surface area contributed by atoms with Crippen molar-refractivity contribution in [2.24, 2.45) is 0 Å². The number of piperazine rings is 1. The van der Waals surface area contributed by atoms with Crippen LogP contribution in [0.3, 0.4) is 0 Å². The minimum atomic E-state index is -0.397.